The van der Waals surface area contributed by atoms with E-state index in [0.717, 1.165) is 25.6 Å². The van der Waals surface area contributed by atoms with Gasteiger partial charge in [-0.15, -0.1) is 11.3 Å². The fraction of sp³-hybridized carbons (Fsp3) is 0.542. The Balaban J connectivity index is 1.30. The van der Waals surface area contributed by atoms with E-state index in [1.807, 2.05) is 18.4 Å². The summed E-state index contributed by atoms with van der Waals surface area (Å²) in [5.74, 6) is 0.870. The Kier molecular flexibility index (Phi) is 6.95. The van der Waals surface area contributed by atoms with Gasteiger partial charge in [0.1, 0.15) is 0 Å². The Labute approximate surface area is 185 Å². The van der Waals surface area contributed by atoms with Gasteiger partial charge in [-0.05, 0) is 67.8 Å². The van der Waals surface area contributed by atoms with Gasteiger partial charge >= 0.3 is 0 Å². The van der Waals surface area contributed by atoms with Crippen LogP contribution in [0.4, 0.5) is 5.69 Å². The summed E-state index contributed by atoms with van der Waals surface area (Å²) in [6.07, 6.45) is 3.78. The molecule has 1 fully saturated rings. The number of guanidine groups is 1. The molecular weight excluding hydrogens is 390 g/mol. The van der Waals surface area contributed by atoms with Crippen LogP contribution in [0.15, 0.2) is 40.7 Å². The molecule has 162 valence electrons. The predicted molar refractivity (Wildman–Crippen MR) is 129 cm³/mol. The number of aliphatic imine (C=N–C) groups is 1. The predicted octanol–water partition coefficient (Wildman–Crippen LogP) is 4.02. The minimum Gasteiger partial charge on any atom is -0.372 e. The number of rotatable bonds is 6. The summed E-state index contributed by atoms with van der Waals surface area (Å²) >= 11 is 1.90. The van der Waals surface area contributed by atoms with Crippen LogP contribution in [0.1, 0.15) is 48.7 Å². The van der Waals surface area contributed by atoms with Crippen LogP contribution in [0, 0.1) is 0 Å². The normalized spacial score (nSPS) is 19.4. The molecule has 2 N–H and O–H groups in total. The Morgan fingerprint density at radius 2 is 2.00 bits per heavy atom. The van der Waals surface area contributed by atoms with Crippen LogP contribution in [0.2, 0.25) is 0 Å². The lowest BCUT2D eigenvalue weighted by Gasteiger charge is -2.33. The first-order valence-electron chi connectivity index (χ1n) is 11.3. The number of anilines is 1. The Morgan fingerprint density at radius 3 is 2.80 bits per heavy atom. The summed E-state index contributed by atoms with van der Waals surface area (Å²) in [6, 6.07) is 11.9. The number of hydrogen-bond donors (Lipinski definition) is 2. The minimum atomic E-state index is 0.206. The molecule has 0 bridgehead atoms. The third-order valence-corrected chi connectivity index (χ3v) is 7.47. The number of nitrogens with one attached hydrogen (secondary N) is 2. The molecule has 3 heterocycles. The molecule has 2 aliphatic rings. The molecule has 30 heavy (non-hydrogen) atoms. The van der Waals surface area contributed by atoms with Gasteiger partial charge in [0.2, 0.25) is 0 Å². The average Bonchev–Trinajstić information content (AvgIpc) is 3.48. The molecule has 2 atom stereocenters. The zero-order valence-corrected chi connectivity index (χ0v) is 19.3. The molecule has 2 aromatic rings. The second-order valence-corrected chi connectivity index (χ2v) is 9.55. The number of thiophene rings is 1. The van der Waals surface area contributed by atoms with Crippen molar-refractivity contribution in [2.24, 2.45) is 4.99 Å². The first-order valence-corrected chi connectivity index (χ1v) is 12.1. The maximum Gasteiger partial charge on any atom is 0.191 e. The molecule has 0 radical (unpaired) electrons. The minimum absolute atomic E-state index is 0.206. The van der Waals surface area contributed by atoms with E-state index < -0.39 is 0 Å². The highest BCUT2D eigenvalue weighted by molar-refractivity contribution is 7.10. The van der Waals surface area contributed by atoms with Crippen LogP contribution >= 0.6 is 11.3 Å². The van der Waals surface area contributed by atoms with Crippen molar-refractivity contribution in [1.82, 2.24) is 15.5 Å². The largest absolute Gasteiger partial charge is 0.372 e. The lowest BCUT2D eigenvalue weighted by atomic mass is 10.1. The van der Waals surface area contributed by atoms with E-state index in [1.54, 1.807) is 4.88 Å². The van der Waals surface area contributed by atoms with E-state index in [0.29, 0.717) is 6.04 Å². The first kappa shape index (κ1) is 21.2. The van der Waals surface area contributed by atoms with E-state index in [1.165, 1.54) is 49.2 Å². The van der Waals surface area contributed by atoms with Crippen LogP contribution in [0.5, 0.6) is 0 Å². The van der Waals surface area contributed by atoms with Crippen LogP contribution < -0.4 is 15.5 Å². The zero-order chi connectivity index (χ0) is 20.9. The summed E-state index contributed by atoms with van der Waals surface area (Å²) < 4.78 is 0. The lowest BCUT2D eigenvalue weighted by Crippen LogP contribution is -2.47. The third kappa shape index (κ3) is 4.98. The number of hydrogen-bond acceptors (Lipinski definition) is 4. The van der Waals surface area contributed by atoms with Crippen molar-refractivity contribution in [3.05, 3.63) is 51.7 Å². The molecule has 5 nitrogen and oxygen atoms in total. The van der Waals surface area contributed by atoms with E-state index in [-0.39, 0.29) is 6.04 Å². The van der Waals surface area contributed by atoms with Crippen molar-refractivity contribution in [1.29, 1.82) is 0 Å². The monoisotopic (exact) mass is 425 g/mol. The van der Waals surface area contributed by atoms with Crippen molar-refractivity contribution in [3.8, 4) is 0 Å². The highest BCUT2D eigenvalue weighted by Crippen LogP contribution is 2.25. The molecule has 1 aromatic carbocycles. The fourth-order valence-corrected chi connectivity index (χ4v) is 5.36. The molecule has 0 spiro atoms. The van der Waals surface area contributed by atoms with Gasteiger partial charge in [-0.1, -0.05) is 12.1 Å². The van der Waals surface area contributed by atoms with Crippen LogP contribution in [-0.2, 0) is 13.0 Å². The summed E-state index contributed by atoms with van der Waals surface area (Å²) in [5, 5.41) is 9.34. The fourth-order valence-electron chi connectivity index (χ4n) is 4.47. The maximum atomic E-state index is 4.47. The maximum absolute atomic E-state index is 4.47. The quantitative estimate of drug-likeness (QED) is 0.542. The number of nitrogens with zero attached hydrogens (tertiary/aromatic N) is 3. The van der Waals surface area contributed by atoms with Gasteiger partial charge in [-0.2, -0.15) is 0 Å². The van der Waals surface area contributed by atoms with Crippen molar-refractivity contribution in [2.75, 3.05) is 38.1 Å². The molecule has 4 rings (SSSR count). The molecule has 0 amide bonds. The Hall–Kier alpha value is -2.05. The van der Waals surface area contributed by atoms with Gasteiger partial charge in [-0.25, -0.2) is 0 Å². The standard InChI is InChI=1S/C24H35N5S/c1-18(29-13-9-23-21(17-29)10-14-30-23)16-26-24(25-3)27-19(2)20-7-6-8-22(15-20)28-11-4-5-12-28/h6-8,10,14-15,18-19H,4-5,9,11-13,16-17H2,1-3H3,(H2,25,26,27). The van der Waals surface area contributed by atoms with Gasteiger partial charge < -0.3 is 15.5 Å². The zero-order valence-electron chi connectivity index (χ0n) is 18.5. The molecular formula is C24H35N5S. The van der Waals surface area contributed by atoms with Crippen molar-refractivity contribution >= 4 is 23.0 Å². The summed E-state index contributed by atoms with van der Waals surface area (Å²) in [5.41, 5.74) is 4.15. The topological polar surface area (TPSA) is 42.9 Å². The summed E-state index contributed by atoms with van der Waals surface area (Å²) in [4.78, 5) is 11.1. The average molecular weight is 426 g/mol. The SMILES string of the molecule is CN=C(NCC(C)N1CCc2sccc2C1)NC(C)c1cccc(N2CCCC2)c1. The third-order valence-electron chi connectivity index (χ3n) is 6.44. The molecule has 1 saturated heterocycles. The van der Waals surface area contributed by atoms with E-state index in [9.17, 15) is 0 Å². The molecule has 2 aliphatic heterocycles. The molecule has 6 heteroatoms. The summed E-state index contributed by atoms with van der Waals surface area (Å²) in [6.45, 7) is 9.96. The highest BCUT2D eigenvalue weighted by atomic mass is 32.1. The lowest BCUT2D eigenvalue weighted by molar-refractivity contribution is 0.192. The molecule has 0 saturated carbocycles. The van der Waals surface area contributed by atoms with E-state index >= 15 is 0 Å². The van der Waals surface area contributed by atoms with Crippen LogP contribution in [-0.4, -0.2) is 50.1 Å². The Bertz CT molecular complexity index is 855. The van der Waals surface area contributed by atoms with E-state index in [2.05, 4.69) is 75.0 Å². The van der Waals surface area contributed by atoms with Gasteiger partial charge in [0.05, 0.1) is 6.04 Å². The molecule has 1 aromatic heterocycles. The van der Waals surface area contributed by atoms with Crippen molar-refractivity contribution in [3.63, 3.8) is 0 Å². The smallest absolute Gasteiger partial charge is 0.191 e. The van der Waals surface area contributed by atoms with Crippen molar-refractivity contribution in [2.45, 2.75) is 51.7 Å². The van der Waals surface area contributed by atoms with Crippen LogP contribution in [0.25, 0.3) is 0 Å². The van der Waals surface area contributed by atoms with Gasteiger partial charge in [0, 0.05) is 56.4 Å². The molecule has 0 aliphatic carbocycles. The number of benzene rings is 1. The molecule has 2 unspecified atom stereocenters. The highest BCUT2D eigenvalue weighted by Gasteiger charge is 2.22. The number of fused-ring (bicyclic) bond motifs is 1. The first-order chi connectivity index (χ1) is 14.6. The van der Waals surface area contributed by atoms with Gasteiger partial charge in [0.15, 0.2) is 5.96 Å². The van der Waals surface area contributed by atoms with Crippen LogP contribution in [0.3, 0.4) is 0 Å². The second kappa shape index (κ2) is 9.84. The van der Waals surface area contributed by atoms with Gasteiger partial charge in [0.25, 0.3) is 0 Å². The second-order valence-electron chi connectivity index (χ2n) is 8.55. The Morgan fingerprint density at radius 1 is 1.17 bits per heavy atom. The summed E-state index contributed by atoms with van der Waals surface area (Å²) in [7, 11) is 1.85. The van der Waals surface area contributed by atoms with E-state index in [4.69, 9.17) is 0 Å². The van der Waals surface area contributed by atoms with Gasteiger partial charge in [-0.3, -0.25) is 9.89 Å². The van der Waals surface area contributed by atoms with Crippen molar-refractivity contribution < 1.29 is 0 Å².